The first-order valence-electron chi connectivity index (χ1n) is 6.72. The number of benzene rings is 1. The molecule has 1 heterocycles. The summed E-state index contributed by atoms with van der Waals surface area (Å²) in [5.74, 6) is 0. The summed E-state index contributed by atoms with van der Waals surface area (Å²) in [5.41, 5.74) is 6.66. The Morgan fingerprint density at radius 1 is 1.32 bits per heavy atom. The molecule has 0 spiro atoms. The van der Waals surface area contributed by atoms with E-state index in [2.05, 4.69) is 4.90 Å². The highest BCUT2D eigenvalue weighted by molar-refractivity contribution is 5.61. The second-order valence-corrected chi connectivity index (χ2v) is 5.22. The minimum absolute atomic E-state index is 0.0348. The maximum Gasteiger partial charge on any atom is 0.265 e. The van der Waals surface area contributed by atoms with Crippen molar-refractivity contribution in [2.24, 2.45) is 0 Å². The summed E-state index contributed by atoms with van der Waals surface area (Å²) < 4.78 is 32.1. The lowest BCUT2D eigenvalue weighted by Gasteiger charge is -2.40. The Hall–Kier alpha value is -1.36. The van der Waals surface area contributed by atoms with Crippen LogP contribution in [0.5, 0.6) is 0 Å². The van der Waals surface area contributed by atoms with Crippen LogP contribution in [0.3, 0.4) is 0 Å². The van der Waals surface area contributed by atoms with Crippen LogP contribution in [-0.2, 0) is 4.74 Å². The van der Waals surface area contributed by atoms with Crippen LogP contribution in [0.2, 0.25) is 0 Å². The molecular weight excluding hydrogens is 250 g/mol. The fourth-order valence-electron chi connectivity index (χ4n) is 3.23. The largest absolute Gasteiger partial charge is 0.399 e. The van der Waals surface area contributed by atoms with Gasteiger partial charge in [0.05, 0.1) is 18.8 Å². The van der Waals surface area contributed by atoms with E-state index in [1.807, 2.05) is 0 Å². The minimum atomic E-state index is -2.50. The van der Waals surface area contributed by atoms with Crippen molar-refractivity contribution in [3.8, 4) is 0 Å². The molecule has 19 heavy (non-hydrogen) atoms. The molecule has 3 rings (SSSR count). The van der Waals surface area contributed by atoms with Gasteiger partial charge in [-0.15, -0.1) is 0 Å². The lowest BCUT2D eigenvalue weighted by Crippen LogP contribution is -2.49. The maximum atomic E-state index is 13.2. The molecule has 5 heteroatoms. The van der Waals surface area contributed by atoms with Crippen LogP contribution in [0.4, 0.5) is 20.2 Å². The monoisotopic (exact) mass is 268 g/mol. The predicted molar refractivity (Wildman–Crippen MR) is 70.5 cm³/mol. The van der Waals surface area contributed by atoms with E-state index in [1.165, 1.54) is 6.07 Å². The summed E-state index contributed by atoms with van der Waals surface area (Å²) in [7, 11) is 0. The van der Waals surface area contributed by atoms with E-state index < -0.39 is 6.43 Å². The van der Waals surface area contributed by atoms with Crippen LogP contribution in [-0.4, -0.2) is 25.3 Å². The Morgan fingerprint density at radius 2 is 2.16 bits per heavy atom. The first kappa shape index (κ1) is 12.7. The van der Waals surface area contributed by atoms with Gasteiger partial charge in [0.15, 0.2) is 0 Å². The highest BCUT2D eigenvalue weighted by Crippen LogP contribution is 2.38. The van der Waals surface area contributed by atoms with Crippen LogP contribution < -0.4 is 10.6 Å². The van der Waals surface area contributed by atoms with Gasteiger partial charge in [-0.05, 0) is 37.5 Å². The van der Waals surface area contributed by atoms with Crippen molar-refractivity contribution in [1.29, 1.82) is 0 Å². The second kappa shape index (κ2) is 4.96. The third-order valence-corrected chi connectivity index (χ3v) is 4.08. The molecule has 0 radical (unpaired) electrons. The molecule has 1 saturated carbocycles. The van der Waals surface area contributed by atoms with E-state index in [4.69, 9.17) is 10.5 Å². The van der Waals surface area contributed by atoms with E-state index >= 15 is 0 Å². The molecule has 1 aromatic carbocycles. The Labute approximate surface area is 111 Å². The van der Waals surface area contributed by atoms with E-state index in [9.17, 15) is 8.78 Å². The number of hydrogen-bond acceptors (Lipinski definition) is 3. The molecule has 2 atom stereocenters. The number of nitrogens with two attached hydrogens (primary N) is 1. The molecule has 0 aromatic heterocycles. The second-order valence-electron chi connectivity index (χ2n) is 5.22. The Balaban J connectivity index is 1.96. The van der Waals surface area contributed by atoms with Gasteiger partial charge >= 0.3 is 0 Å². The first-order valence-corrected chi connectivity index (χ1v) is 6.72. The molecule has 2 fully saturated rings. The van der Waals surface area contributed by atoms with Gasteiger partial charge < -0.3 is 15.4 Å². The maximum absolute atomic E-state index is 13.2. The topological polar surface area (TPSA) is 38.5 Å². The zero-order valence-electron chi connectivity index (χ0n) is 10.7. The van der Waals surface area contributed by atoms with Crippen molar-refractivity contribution >= 4 is 11.4 Å². The summed E-state index contributed by atoms with van der Waals surface area (Å²) in [6.07, 6.45) is 0.834. The summed E-state index contributed by atoms with van der Waals surface area (Å²) in [6.45, 7) is 1.28. The average Bonchev–Trinajstić information content (AvgIpc) is 2.86. The Kier molecular flexibility index (Phi) is 3.31. The number of halogens is 2. The molecule has 0 bridgehead atoms. The zero-order chi connectivity index (χ0) is 13.4. The van der Waals surface area contributed by atoms with Gasteiger partial charge in [0, 0.05) is 23.5 Å². The zero-order valence-corrected chi connectivity index (χ0v) is 10.7. The van der Waals surface area contributed by atoms with E-state index in [0.29, 0.717) is 24.5 Å². The SMILES string of the molecule is Nc1ccc(N2CCOC3CCCC32)c(C(F)F)c1. The Morgan fingerprint density at radius 3 is 2.95 bits per heavy atom. The molecular formula is C14H18F2N2O. The van der Waals surface area contributed by atoms with Gasteiger partial charge in [0.2, 0.25) is 0 Å². The van der Waals surface area contributed by atoms with Gasteiger partial charge in [0.1, 0.15) is 0 Å². The third kappa shape index (κ3) is 2.27. The van der Waals surface area contributed by atoms with Crippen LogP contribution in [0.15, 0.2) is 18.2 Å². The number of nitrogens with zero attached hydrogens (tertiary/aromatic N) is 1. The quantitative estimate of drug-likeness (QED) is 0.838. The highest BCUT2D eigenvalue weighted by atomic mass is 19.3. The minimum Gasteiger partial charge on any atom is -0.399 e. The van der Waals surface area contributed by atoms with E-state index in [1.54, 1.807) is 12.1 Å². The fourth-order valence-corrected chi connectivity index (χ4v) is 3.23. The lowest BCUT2D eigenvalue weighted by molar-refractivity contribution is 0.0252. The number of morpholine rings is 1. The van der Waals surface area contributed by atoms with Gasteiger partial charge in [-0.1, -0.05) is 0 Å². The number of hydrogen-bond donors (Lipinski definition) is 1. The lowest BCUT2D eigenvalue weighted by atomic mass is 10.1. The van der Waals surface area contributed by atoms with Crippen molar-refractivity contribution in [2.45, 2.75) is 37.8 Å². The number of rotatable bonds is 2. The first-order chi connectivity index (χ1) is 9.16. The van der Waals surface area contributed by atoms with Crippen molar-refractivity contribution < 1.29 is 13.5 Å². The van der Waals surface area contributed by atoms with Crippen molar-refractivity contribution in [3.63, 3.8) is 0 Å². The third-order valence-electron chi connectivity index (χ3n) is 4.08. The average molecular weight is 268 g/mol. The number of fused-ring (bicyclic) bond motifs is 1. The Bertz CT molecular complexity index is 467. The number of nitrogen functional groups attached to an aromatic ring is 1. The molecule has 0 amide bonds. The predicted octanol–water partition coefficient (Wildman–Crippen LogP) is 2.96. The standard InChI is InChI=1S/C14H18F2N2O/c15-14(16)10-8-9(17)4-5-11(10)18-6-7-19-13-3-1-2-12(13)18/h4-5,8,12-14H,1-3,6-7,17H2. The molecule has 3 nitrogen and oxygen atoms in total. The van der Waals surface area contributed by atoms with Crippen LogP contribution in [0.1, 0.15) is 31.3 Å². The van der Waals surface area contributed by atoms with Crippen LogP contribution >= 0.6 is 0 Å². The summed E-state index contributed by atoms with van der Waals surface area (Å²) in [4.78, 5) is 2.09. The molecule has 1 aromatic rings. The van der Waals surface area contributed by atoms with Crippen molar-refractivity contribution in [1.82, 2.24) is 0 Å². The highest BCUT2D eigenvalue weighted by Gasteiger charge is 2.37. The molecule has 1 aliphatic heterocycles. The normalized spacial score (nSPS) is 26.8. The van der Waals surface area contributed by atoms with Crippen LogP contribution in [0, 0.1) is 0 Å². The summed E-state index contributed by atoms with van der Waals surface area (Å²) >= 11 is 0. The van der Waals surface area contributed by atoms with Gasteiger partial charge in [-0.3, -0.25) is 0 Å². The number of anilines is 2. The number of alkyl halides is 2. The van der Waals surface area contributed by atoms with Gasteiger partial charge in [-0.2, -0.15) is 0 Å². The molecule has 104 valence electrons. The summed E-state index contributed by atoms with van der Waals surface area (Å²) in [6, 6.07) is 5.03. The van der Waals surface area contributed by atoms with Crippen molar-refractivity contribution in [3.05, 3.63) is 23.8 Å². The molecule has 1 saturated heterocycles. The summed E-state index contributed by atoms with van der Waals surface area (Å²) in [5, 5.41) is 0. The molecule has 2 unspecified atom stereocenters. The number of ether oxygens (including phenoxy) is 1. The fraction of sp³-hybridized carbons (Fsp3) is 0.571. The smallest absolute Gasteiger partial charge is 0.265 e. The van der Waals surface area contributed by atoms with E-state index in [0.717, 1.165) is 19.3 Å². The molecule has 2 aliphatic rings. The molecule has 2 N–H and O–H groups in total. The van der Waals surface area contributed by atoms with Crippen LogP contribution in [0.25, 0.3) is 0 Å². The van der Waals surface area contributed by atoms with E-state index in [-0.39, 0.29) is 17.7 Å². The van der Waals surface area contributed by atoms with Crippen molar-refractivity contribution in [2.75, 3.05) is 23.8 Å². The van der Waals surface area contributed by atoms with Gasteiger partial charge in [0.25, 0.3) is 6.43 Å². The molecule has 1 aliphatic carbocycles. The van der Waals surface area contributed by atoms with Gasteiger partial charge in [-0.25, -0.2) is 8.78 Å².